The maximum absolute atomic E-state index is 13.0. The third-order valence-electron chi connectivity index (χ3n) is 19.8. The van der Waals surface area contributed by atoms with Gasteiger partial charge >= 0.3 is 46.9 Å². The molecule has 48 nitrogen and oxygen atoms in total. The number of ether oxygens (including phenoxy) is 2. The Hall–Kier alpha value is -6.36. The van der Waals surface area contributed by atoms with E-state index in [1.165, 1.54) is 38.8 Å². The summed E-state index contributed by atoms with van der Waals surface area (Å²) < 4.78 is 126. The van der Waals surface area contributed by atoms with Crippen molar-refractivity contribution in [2.75, 3.05) is 64.1 Å². The first-order valence-corrected chi connectivity index (χ1v) is 46.7. The van der Waals surface area contributed by atoms with Gasteiger partial charge < -0.3 is 102 Å². The first kappa shape index (κ1) is 99.1. The number of amides is 4. The number of carbonyl (C=O) groups excluding carboxylic acids is 6. The molecule has 8 rings (SSSR count). The van der Waals surface area contributed by atoms with E-state index in [1.54, 1.807) is 0 Å². The third kappa shape index (κ3) is 30.2. The Morgan fingerprint density at radius 1 is 0.533 bits per heavy atom. The highest BCUT2D eigenvalue weighted by Gasteiger charge is 2.53. The van der Waals surface area contributed by atoms with Crippen molar-refractivity contribution in [3.05, 3.63) is 60.7 Å². The average Bonchev–Trinajstić information content (AvgIpc) is 1.62. The van der Waals surface area contributed by atoms with Gasteiger partial charge in [-0.3, -0.25) is 65.0 Å². The van der Waals surface area contributed by atoms with Crippen molar-refractivity contribution in [1.82, 2.24) is 60.3 Å². The molecule has 0 spiro atoms. The van der Waals surface area contributed by atoms with Crippen LogP contribution in [-0.2, 0) is 114 Å². The minimum atomic E-state index is -5.64. The van der Waals surface area contributed by atoms with Crippen LogP contribution in [0.2, 0.25) is 0 Å². The predicted octanol–water partition coefficient (Wildman–Crippen LogP) is 2.45. The van der Waals surface area contributed by atoms with Gasteiger partial charge in [0.25, 0.3) is 0 Å². The van der Waals surface area contributed by atoms with E-state index in [4.69, 9.17) is 39.0 Å². The van der Waals surface area contributed by atoms with Crippen molar-refractivity contribution < 1.29 is 161 Å². The molecule has 2 saturated heterocycles. The Morgan fingerprint density at radius 2 is 0.917 bits per heavy atom. The predicted molar refractivity (Wildman–Crippen MR) is 415 cm³/mol. The molecule has 3 aliphatic rings. The Kier molecular flexibility index (Phi) is 34.4. The van der Waals surface area contributed by atoms with Crippen LogP contribution < -0.4 is 32.7 Å². The number of nitrogen functional groups attached to an aromatic ring is 2. The molecule has 14 atom stereocenters. The number of ketones is 2. The zero-order valence-corrected chi connectivity index (χ0v) is 71.5. The number of fused-ring (bicyclic) bond motifs is 2. The van der Waals surface area contributed by atoms with Crippen molar-refractivity contribution in [3.63, 3.8) is 0 Å². The number of phosphoric acid groups is 6. The second-order valence-electron chi connectivity index (χ2n) is 31.5. The number of carbonyl (C=O) groups is 6. The molecule has 5 aromatic rings. The van der Waals surface area contributed by atoms with Crippen LogP contribution in [0.1, 0.15) is 155 Å². The number of anilines is 2. The van der Waals surface area contributed by atoms with Gasteiger partial charge in [0.05, 0.1) is 39.1 Å². The van der Waals surface area contributed by atoms with Gasteiger partial charge in [0, 0.05) is 75.5 Å². The maximum atomic E-state index is 13.0. The van der Waals surface area contributed by atoms with Gasteiger partial charge in [0.1, 0.15) is 84.1 Å². The summed E-state index contributed by atoms with van der Waals surface area (Å²) in [6.07, 6.45) is -4.76. The lowest BCUT2D eigenvalue weighted by molar-refractivity contribution is -0.137. The molecule has 0 radical (unpaired) electrons. The van der Waals surface area contributed by atoms with E-state index in [1.807, 2.05) is 13.8 Å². The van der Waals surface area contributed by atoms with E-state index in [9.17, 15) is 116 Å². The van der Waals surface area contributed by atoms with Crippen LogP contribution in [0.4, 0.5) is 11.6 Å². The highest BCUT2D eigenvalue weighted by molar-refractivity contribution is 7.61. The van der Waals surface area contributed by atoms with Crippen molar-refractivity contribution in [1.29, 1.82) is 0 Å². The third-order valence-corrected chi connectivity index (χ3v) is 26.0. The number of nitrogens with two attached hydrogens (primary N) is 2. The summed E-state index contributed by atoms with van der Waals surface area (Å²) in [5.74, 6) is -3.23. The number of imidazole rings is 2. The fourth-order valence-electron chi connectivity index (χ4n) is 13.1. The van der Waals surface area contributed by atoms with E-state index in [2.05, 4.69) is 93.1 Å². The Morgan fingerprint density at radius 3 is 1.32 bits per heavy atom. The number of Topliss-reactive ketones (excluding diaryl/α,β-unsaturated/α-hetero) is 2. The number of benzene rings is 1. The smallest absolute Gasteiger partial charge is 0.386 e. The van der Waals surface area contributed by atoms with Gasteiger partial charge in [0.2, 0.25) is 23.6 Å². The van der Waals surface area contributed by atoms with Crippen LogP contribution >= 0.6 is 46.9 Å². The van der Waals surface area contributed by atoms with Gasteiger partial charge in [-0.1, -0.05) is 78.6 Å². The summed E-state index contributed by atoms with van der Waals surface area (Å²) in [6.45, 7) is 4.32. The van der Waals surface area contributed by atoms with Crippen molar-refractivity contribution in [3.8, 4) is 0 Å². The van der Waals surface area contributed by atoms with Crippen LogP contribution in [0.25, 0.3) is 22.3 Å². The monoisotopic (exact) mass is 1820 g/mol. The maximum Gasteiger partial charge on any atom is 0.481 e. The van der Waals surface area contributed by atoms with Gasteiger partial charge in [-0.2, -0.15) is 8.62 Å². The van der Waals surface area contributed by atoms with Crippen molar-refractivity contribution in [2.24, 2.45) is 21.7 Å². The van der Waals surface area contributed by atoms with E-state index < -0.39 is 169 Å². The second kappa shape index (κ2) is 41.6. The molecule has 1 aromatic carbocycles. The molecule has 1 saturated carbocycles. The Labute approximate surface area is 686 Å². The lowest BCUT2D eigenvalue weighted by Crippen LogP contribution is -2.46. The molecular formula is C66H104N14O34P6. The molecule has 120 heavy (non-hydrogen) atoms. The molecule has 3 fully saturated rings. The topological polar surface area (TPSA) is 727 Å². The number of aromatic nitrogens is 8. The number of phosphoric ester groups is 6. The number of hydrogen-bond donors (Lipinski definition) is 18. The van der Waals surface area contributed by atoms with E-state index in [0.29, 0.717) is 6.42 Å². The SMILES string of the molecule is CC(C)(CCCCc1ccc(CCCCC2(CC(=O)CCNC(=O)CCNC(=O)C(O)C(C)(C)COP(=O)(O)OP(=O)(O)OCC3OC(n4cnc5c(N)ncnc54)C(O)C3OP(=O)(O)O)CC2)cc1)CC(=O)CCNC(=O)CCNC(=O)C(O)C(C)(C)COP(=O)(O)OP(=O)(O)OCC1OC(n2cnc3c(N)ncnc32)C(O)C1OP(=O)(O)O. The van der Waals surface area contributed by atoms with E-state index in [0.717, 1.165) is 98.7 Å². The minimum absolute atomic E-state index is 0.00330. The summed E-state index contributed by atoms with van der Waals surface area (Å²) in [4.78, 5) is 180. The van der Waals surface area contributed by atoms with Crippen molar-refractivity contribution >= 4 is 116 Å². The number of aliphatic hydroxyl groups excluding tert-OH is 4. The average molecular weight is 1820 g/mol. The van der Waals surface area contributed by atoms with Gasteiger partial charge in [0.15, 0.2) is 35.4 Å². The van der Waals surface area contributed by atoms with E-state index in [-0.39, 0.29) is 115 Å². The van der Waals surface area contributed by atoms with Gasteiger partial charge in [-0.05, 0) is 73.3 Å². The highest BCUT2D eigenvalue weighted by atomic mass is 31.3. The fraction of sp³-hybridized carbons (Fsp3) is 0.667. The highest BCUT2D eigenvalue weighted by Crippen LogP contribution is 2.63. The molecule has 54 heteroatoms. The number of hydrogen-bond acceptors (Lipinski definition) is 34. The van der Waals surface area contributed by atoms with Crippen LogP contribution in [0, 0.1) is 21.7 Å². The van der Waals surface area contributed by atoms with Gasteiger partial charge in [-0.15, -0.1) is 0 Å². The second-order valence-corrected chi connectivity index (χ2v) is 39.9. The number of aliphatic hydroxyl groups is 4. The number of nitrogens with zero attached hydrogens (tertiary/aromatic N) is 8. The van der Waals surface area contributed by atoms with Gasteiger partial charge in [-0.25, -0.2) is 57.3 Å². The normalized spacial score (nSPS) is 22.2. The standard InChI is InChI=1S/C66H104N14O34P6/c1-63(2,29-41(81)17-25-69-45(83)19-27-71-59(89)53(87)64(3,4)33-107-119(101,102)113-117(97,98)105-31-43-51(111-115(91,92)93)49(85)61(109-43)79-37-77-47-55(67)73-35-75-57(47)79)21-9-7-11-39-13-15-40(16-14-39)12-8-10-22-66(23-24-66)30-42(82)18-26-70-46(84)20-28-72-60(90)54(88)65(5,6)34-108-120(103,104)114-118(99,100)106-32-44-52(112-116(94,95)96)50(86)62(110-44)80-38-78-48-56(68)74-36-76-58(48)80/h13-16,35-38,43-44,49-54,61-62,85-88H,7-12,17-34H2,1-6H3,(H,69,83)(H,70,84)(H,71,89)(H,72,90)(H,97,98)(H,99,100)(H,101,102)(H,103,104)(H2,67,73,75)(H2,68,74,76)(H2,91,92,93)(H2,94,95,96). The molecule has 672 valence electrons. The number of unbranched alkanes of at least 4 members (excludes halogenated alkanes) is 2. The lowest BCUT2D eigenvalue weighted by Gasteiger charge is -2.30. The summed E-state index contributed by atoms with van der Waals surface area (Å²) >= 11 is 0. The summed E-state index contributed by atoms with van der Waals surface area (Å²) in [5, 5.41) is 53.6. The van der Waals surface area contributed by atoms with Crippen LogP contribution in [-0.4, -0.2) is 235 Å². The molecule has 1 aliphatic carbocycles. The van der Waals surface area contributed by atoms with Crippen molar-refractivity contribution in [2.45, 2.75) is 206 Å². The Balaban J connectivity index is 0.620. The number of nitrogens with one attached hydrogen (secondary N) is 4. The fourth-order valence-corrected chi connectivity index (χ4v) is 18.8. The van der Waals surface area contributed by atoms with E-state index >= 15 is 0 Å². The minimum Gasteiger partial charge on any atom is -0.386 e. The summed E-state index contributed by atoms with van der Waals surface area (Å²) in [5.41, 5.74) is 10.4. The zero-order chi connectivity index (χ0) is 88.8. The van der Waals surface area contributed by atoms with Crippen LogP contribution in [0.15, 0.2) is 49.6 Å². The Bertz CT molecular complexity index is 4430. The molecule has 20 N–H and O–H groups in total. The number of rotatable bonds is 52. The quantitative estimate of drug-likeness (QED) is 0.0196. The lowest BCUT2D eigenvalue weighted by atomic mass is 9.81. The molecule has 4 amide bonds. The number of aryl methyl sites for hydroxylation is 2. The molecular weight excluding hydrogens is 1720 g/mol. The molecule has 2 aliphatic heterocycles. The zero-order valence-electron chi connectivity index (χ0n) is 66.1. The first-order chi connectivity index (χ1) is 55.8. The van der Waals surface area contributed by atoms with Crippen LogP contribution in [0.5, 0.6) is 0 Å². The largest absolute Gasteiger partial charge is 0.481 e. The molecule has 14 unspecified atom stereocenters. The molecule has 4 aromatic heterocycles. The van der Waals surface area contributed by atoms with Crippen LogP contribution in [0.3, 0.4) is 0 Å². The summed E-state index contributed by atoms with van der Waals surface area (Å²) in [6, 6.07) is 8.46. The molecule has 0 bridgehead atoms. The molecule has 6 heterocycles. The first-order valence-electron chi connectivity index (χ1n) is 37.7. The summed E-state index contributed by atoms with van der Waals surface area (Å²) in [7, 11) is -33.2.